The molecule has 2 rings (SSSR count). The first-order valence-corrected chi connectivity index (χ1v) is 6.64. The van der Waals surface area contributed by atoms with Crippen molar-refractivity contribution in [2.24, 2.45) is 0 Å². The molecule has 0 radical (unpaired) electrons. The summed E-state index contributed by atoms with van der Waals surface area (Å²) in [5.41, 5.74) is 0.561. The highest BCUT2D eigenvalue weighted by atomic mass is 79.9. The lowest BCUT2D eigenvalue weighted by molar-refractivity contribution is 0.102. The Balaban J connectivity index is 2.26. The predicted octanol–water partition coefficient (Wildman–Crippen LogP) is 4.37. The van der Waals surface area contributed by atoms with Crippen molar-refractivity contribution in [1.82, 2.24) is 0 Å². The molecule has 0 aliphatic carbocycles. The second-order valence-electron chi connectivity index (χ2n) is 3.92. The molecule has 0 aromatic heterocycles. The second kappa shape index (κ2) is 6.04. The van der Waals surface area contributed by atoms with Gasteiger partial charge < -0.3 is 5.32 Å². The van der Waals surface area contributed by atoms with Gasteiger partial charge in [-0.3, -0.25) is 4.79 Å². The SMILES string of the molecule is N#Cc1cc(NC(=O)c2cc(Cl)cc(Br)c2)ccc1F. The highest BCUT2D eigenvalue weighted by Crippen LogP contribution is 2.21. The molecule has 0 aliphatic rings. The quantitative estimate of drug-likeness (QED) is 0.872. The average Bonchev–Trinajstić information content (AvgIpc) is 2.39. The van der Waals surface area contributed by atoms with Crippen LogP contribution < -0.4 is 5.32 Å². The minimum absolute atomic E-state index is 0.130. The van der Waals surface area contributed by atoms with E-state index in [-0.39, 0.29) is 5.56 Å². The number of nitrogens with zero attached hydrogens (tertiary/aromatic N) is 1. The van der Waals surface area contributed by atoms with Crippen molar-refractivity contribution < 1.29 is 9.18 Å². The maximum absolute atomic E-state index is 13.2. The third-order valence-corrected chi connectivity index (χ3v) is 3.15. The lowest BCUT2D eigenvalue weighted by atomic mass is 10.2. The maximum Gasteiger partial charge on any atom is 0.255 e. The van der Waals surface area contributed by atoms with Crippen LogP contribution in [0, 0.1) is 17.1 Å². The Bertz CT molecular complexity index is 707. The fourth-order valence-electron chi connectivity index (χ4n) is 1.58. The molecular formula is C14H7BrClFN2O. The molecule has 3 nitrogen and oxygen atoms in total. The third kappa shape index (κ3) is 3.35. The smallest absolute Gasteiger partial charge is 0.255 e. The van der Waals surface area contributed by atoms with Crippen molar-refractivity contribution >= 4 is 39.1 Å². The number of nitrogens with one attached hydrogen (secondary N) is 1. The van der Waals surface area contributed by atoms with Crippen LogP contribution in [0.5, 0.6) is 0 Å². The zero-order valence-corrected chi connectivity index (χ0v) is 12.3. The summed E-state index contributed by atoms with van der Waals surface area (Å²) in [7, 11) is 0. The van der Waals surface area contributed by atoms with Crippen LogP contribution in [0.15, 0.2) is 40.9 Å². The van der Waals surface area contributed by atoms with E-state index in [0.29, 0.717) is 20.7 Å². The summed E-state index contributed by atoms with van der Waals surface area (Å²) in [6, 6.07) is 10.3. The second-order valence-corrected chi connectivity index (χ2v) is 5.27. The highest BCUT2D eigenvalue weighted by Gasteiger charge is 2.10. The van der Waals surface area contributed by atoms with E-state index in [1.807, 2.05) is 0 Å². The molecular weight excluding hydrogens is 347 g/mol. The van der Waals surface area contributed by atoms with E-state index in [4.69, 9.17) is 16.9 Å². The standard InChI is InChI=1S/C14H7BrClFN2O/c15-10-3-8(4-11(16)6-10)14(20)19-12-1-2-13(17)9(5-12)7-18/h1-6H,(H,19,20). The van der Waals surface area contributed by atoms with Gasteiger partial charge in [-0.15, -0.1) is 0 Å². The first-order chi connectivity index (χ1) is 9.49. The van der Waals surface area contributed by atoms with Gasteiger partial charge >= 0.3 is 0 Å². The van der Waals surface area contributed by atoms with Crippen LogP contribution >= 0.6 is 27.5 Å². The molecule has 1 N–H and O–H groups in total. The van der Waals surface area contributed by atoms with Crippen LogP contribution in [0.3, 0.4) is 0 Å². The van der Waals surface area contributed by atoms with Gasteiger partial charge in [-0.05, 0) is 36.4 Å². The summed E-state index contributed by atoms with van der Waals surface area (Å²) in [5, 5.41) is 11.7. The summed E-state index contributed by atoms with van der Waals surface area (Å²) in [4.78, 5) is 12.0. The molecule has 0 heterocycles. The summed E-state index contributed by atoms with van der Waals surface area (Å²) in [6.07, 6.45) is 0. The van der Waals surface area contributed by atoms with Crippen LogP contribution in [-0.4, -0.2) is 5.91 Å². The van der Waals surface area contributed by atoms with E-state index < -0.39 is 11.7 Å². The number of rotatable bonds is 2. The molecule has 0 saturated carbocycles. The molecule has 0 saturated heterocycles. The fourth-order valence-corrected chi connectivity index (χ4v) is 2.44. The maximum atomic E-state index is 13.2. The van der Waals surface area contributed by atoms with Crippen molar-refractivity contribution in [3.05, 3.63) is 62.8 Å². The summed E-state index contributed by atoms with van der Waals surface area (Å²) in [5.74, 6) is -1.03. The molecule has 0 bridgehead atoms. The molecule has 0 fully saturated rings. The van der Waals surface area contributed by atoms with E-state index in [0.717, 1.165) is 6.07 Å². The Hall–Kier alpha value is -1.90. The van der Waals surface area contributed by atoms with Gasteiger partial charge in [-0.25, -0.2) is 4.39 Å². The number of hydrogen-bond donors (Lipinski definition) is 1. The lowest BCUT2D eigenvalue weighted by Gasteiger charge is -2.07. The largest absolute Gasteiger partial charge is 0.322 e. The fraction of sp³-hybridized carbons (Fsp3) is 0. The Labute approximate surface area is 128 Å². The van der Waals surface area contributed by atoms with Gasteiger partial charge in [0.05, 0.1) is 5.56 Å². The number of benzene rings is 2. The van der Waals surface area contributed by atoms with Crippen LogP contribution in [-0.2, 0) is 0 Å². The minimum Gasteiger partial charge on any atom is -0.322 e. The monoisotopic (exact) mass is 352 g/mol. The van der Waals surface area contributed by atoms with Gasteiger partial charge in [0.25, 0.3) is 5.91 Å². The van der Waals surface area contributed by atoms with Gasteiger partial charge in [-0.1, -0.05) is 27.5 Å². The molecule has 0 unspecified atom stereocenters. The Morgan fingerprint density at radius 3 is 2.70 bits per heavy atom. The molecule has 6 heteroatoms. The van der Waals surface area contributed by atoms with E-state index in [1.165, 1.54) is 18.2 Å². The van der Waals surface area contributed by atoms with Gasteiger partial charge in [0.2, 0.25) is 0 Å². The third-order valence-electron chi connectivity index (χ3n) is 2.47. The normalized spacial score (nSPS) is 9.90. The molecule has 0 atom stereocenters. The van der Waals surface area contributed by atoms with E-state index >= 15 is 0 Å². The average molecular weight is 354 g/mol. The first-order valence-electron chi connectivity index (χ1n) is 5.46. The van der Waals surface area contributed by atoms with E-state index in [1.54, 1.807) is 18.2 Å². The van der Waals surface area contributed by atoms with Gasteiger partial charge in [0.15, 0.2) is 0 Å². The minimum atomic E-state index is -0.629. The summed E-state index contributed by atoms with van der Waals surface area (Å²) in [6.45, 7) is 0. The number of carbonyl (C=O) groups is 1. The summed E-state index contributed by atoms with van der Waals surface area (Å²) >= 11 is 9.10. The van der Waals surface area contributed by atoms with Crippen molar-refractivity contribution in [3.63, 3.8) is 0 Å². The molecule has 20 heavy (non-hydrogen) atoms. The number of carbonyl (C=O) groups excluding carboxylic acids is 1. The molecule has 0 aliphatic heterocycles. The van der Waals surface area contributed by atoms with Crippen LogP contribution in [0.25, 0.3) is 0 Å². The van der Waals surface area contributed by atoms with Crippen LogP contribution in [0.2, 0.25) is 5.02 Å². The van der Waals surface area contributed by atoms with Gasteiger partial charge in [0.1, 0.15) is 11.9 Å². The highest BCUT2D eigenvalue weighted by molar-refractivity contribution is 9.10. The number of hydrogen-bond acceptors (Lipinski definition) is 2. The molecule has 2 aromatic carbocycles. The number of nitriles is 1. The van der Waals surface area contributed by atoms with Crippen molar-refractivity contribution in [2.75, 3.05) is 5.32 Å². The Morgan fingerprint density at radius 1 is 1.30 bits per heavy atom. The number of anilines is 1. The Morgan fingerprint density at radius 2 is 2.05 bits per heavy atom. The van der Waals surface area contributed by atoms with Crippen molar-refractivity contribution in [3.8, 4) is 6.07 Å². The van der Waals surface area contributed by atoms with Gasteiger partial charge in [-0.2, -0.15) is 5.26 Å². The van der Waals surface area contributed by atoms with Crippen molar-refractivity contribution in [1.29, 1.82) is 5.26 Å². The van der Waals surface area contributed by atoms with E-state index in [9.17, 15) is 9.18 Å². The number of amides is 1. The first kappa shape index (κ1) is 14.5. The number of halogens is 3. The molecule has 100 valence electrons. The molecule has 0 spiro atoms. The van der Waals surface area contributed by atoms with Crippen LogP contribution in [0.1, 0.15) is 15.9 Å². The topological polar surface area (TPSA) is 52.9 Å². The molecule has 1 amide bonds. The van der Waals surface area contributed by atoms with Crippen LogP contribution in [0.4, 0.5) is 10.1 Å². The molecule has 2 aromatic rings. The predicted molar refractivity (Wildman–Crippen MR) is 78.2 cm³/mol. The zero-order valence-electron chi connectivity index (χ0n) is 9.95. The zero-order chi connectivity index (χ0) is 14.7. The van der Waals surface area contributed by atoms with E-state index in [2.05, 4.69) is 21.2 Å². The summed E-state index contributed by atoms with van der Waals surface area (Å²) < 4.78 is 13.9. The Kier molecular flexibility index (Phi) is 4.38. The lowest BCUT2D eigenvalue weighted by Crippen LogP contribution is -2.12. The van der Waals surface area contributed by atoms with Gasteiger partial charge in [0, 0.05) is 20.7 Å². The van der Waals surface area contributed by atoms with Crippen molar-refractivity contribution in [2.45, 2.75) is 0 Å².